The molecule has 4 aromatic rings. The first-order chi connectivity index (χ1) is 34.7. The Morgan fingerprint density at radius 3 is 1.22 bits per heavy atom. The molecule has 0 radical (unpaired) electrons. The van der Waals surface area contributed by atoms with Crippen LogP contribution in [0.3, 0.4) is 0 Å². The maximum Gasteiger partial charge on any atom is 0.471 e. The highest BCUT2D eigenvalue weighted by atomic mass is 19.4. The van der Waals surface area contributed by atoms with Crippen LogP contribution in [0.15, 0.2) is 72.8 Å². The third kappa shape index (κ3) is 15.8. The molecule has 0 aromatic heterocycles. The van der Waals surface area contributed by atoms with Gasteiger partial charge in [0.2, 0.25) is 0 Å². The van der Waals surface area contributed by atoms with Gasteiger partial charge in [-0.25, -0.2) is 24.0 Å². The van der Waals surface area contributed by atoms with Crippen LogP contribution in [0.2, 0.25) is 0 Å². The Morgan fingerprint density at radius 2 is 0.851 bits per heavy atom. The molecule has 0 fully saturated rings. The first kappa shape index (κ1) is 57.9. The fourth-order valence-corrected chi connectivity index (χ4v) is 8.86. The van der Waals surface area contributed by atoms with Crippen molar-refractivity contribution in [2.24, 2.45) is 5.73 Å². The Kier molecular flexibility index (Phi) is 19.4. The predicted octanol–water partition coefficient (Wildman–Crippen LogP) is 9.16. The van der Waals surface area contributed by atoms with Gasteiger partial charge in [-0.2, -0.15) is 26.3 Å². The molecule has 15 nitrogen and oxygen atoms in total. The molecule has 4 aliphatic rings. The molecule has 0 spiro atoms. The zero-order chi connectivity index (χ0) is 54.7. The Bertz CT molecular complexity index is 2700. The number of halogens is 6. The summed E-state index contributed by atoms with van der Waals surface area (Å²) in [6, 6.07) is 19.6. The molecule has 4 atom stereocenters. The van der Waals surface area contributed by atoms with Crippen LogP contribution in [0.4, 0.5) is 31.1 Å². The van der Waals surface area contributed by atoms with Crippen molar-refractivity contribution in [3.63, 3.8) is 0 Å². The summed E-state index contributed by atoms with van der Waals surface area (Å²) in [5, 5.41) is 7.29. The van der Waals surface area contributed by atoms with Gasteiger partial charge >= 0.3 is 48.2 Å². The van der Waals surface area contributed by atoms with Gasteiger partial charge in [-0.05, 0) is 165 Å². The number of hydrogen-bond acceptors (Lipinski definition) is 13. The molecule has 4 aromatic carbocycles. The van der Waals surface area contributed by atoms with Gasteiger partial charge in [-0.1, -0.05) is 24.3 Å². The largest absolute Gasteiger partial charge is 0.471 e. The highest BCUT2D eigenvalue weighted by molar-refractivity contribution is 5.91. The van der Waals surface area contributed by atoms with E-state index >= 15 is 0 Å². The number of esters is 4. The van der Waals surface area contributed by atoms with Crippen LogP contribution in [-0.2, 0) is 54.2 Å². The highest BCUT2D eigenvalue weighted by Crippen LogP contribution is 2.36. The maximum atomic E-state index is 12.3. The summed E-state index contributed by atoms with van der Waals surface area (Å²) in [5.74, 6) is -3.70. The van der Waals surface area contributed by atoms with Crippen molar-refractivity contribution in [2.45, 2.75) is 114 Å². The van der Waals surface area contributed by atoms with E-state index in [-0.39, 0.29) is 35.6 Å². The van der Waals surface area contributed by atoms with E-state index in [9.17, 15) is 55.1 Å². The van der Waals surface area contributed by atoms with E-state index in [2.05, 4.69) is 24.8 Å². The first-order valence-electron chi connectivity index (χ1n) is 23.5. The number of ether oxygens (including phenoxy) is 5. The summed E-state index contributed by atoms with van der Waals surface area (Å²) in [4.78, 5) is 68.5. The molecule has 400 valence electrons. The number of fused-ring (bicyclic) bond motifs is 4. The second kappa shape index (κ2) is 24.8. The van der Waals surface area contributed by atoms with Gasteiger partial charge in [0.15, 0.2) is 0 Å². The van der Waals surface area contributed by atoms with Gasteiger partial charge in [0.05, 0.1) is 69.3 Å². The Morgan fingerprint density at radius 1 is 0.514 bits per heavy atom. The van der Waals surface area contributed by atoms with Gasteiger partial charge in [0.25, 0.3) is 0 Å². The zero-order valence-corrected chi connectivity index (χ0v) is 41.9. The second-order valence-electron chi connectivity index (χ2n) is 18.7. The topological polar surface area (TPSA) is 211 Å². The van der Waals surface area contributed by atoms with Crippen molar-refractivity contribution in [3.05, 3.63) is 140 Å². The van der Waals surface area contributed by atoms with Gasteiger partial charge in [-0.3, -0.25) is 4.79 Å². The smallest absolute Gasteiger partial charge is 0.465 e. The average molecular weight is 1040 g/mol. The van der Waals surface area contributed by atoms with Crippen molar-refractivity contribution >= 4 is 35.9 Å². The second-order valence-corrected chi connectivity index (χ2v) is 18.7. The monoisotopic (exact) mass is 1040 g/mol. The molecule has 4 aliphatic carbocycles. The number of alkyl halides is 6. The predicted molar refractivity (Wildman–Crippen MR) is 257 cm³/mol. The van der Waals surface area contributed by atoms with E-state index in [1.807, 2.05) is 44.3 Å². The quantitative estimate of drug-likeness (QED) is 0.0738. The molecule has 0 saturated carbocycles. The van der Waals surface area contributed by atoms with Crippen molar-refractivity contribution in [1.29, 1.82) is 0 Å². The van der Waals surface area contributed by atoms with Crippen molar-refractivity contribution in [1.82, 2.24) is 16.0 Å². The molecular formula is C53H60F6N4O11. The maximum absolute atomic E-state index is 12.3. The number of aryl methyl sites for hydroxylation is 4. The fourth-order valence-electron chi connectivity index (χ4n) is 8.86. The molecule has 0 aliphatic heterocycles. The van der Waals surface area contributed by atoms with E-state index in [1.165, 1.54) is 40.1 Å². The molecule has 21 heteroatoms. The molecule has 2 amide bonds. The highest BCUT2D eigenvalue weighted by Gasteiger charge is 2.41. The summed E-state index contributed by atoms with van der Waals surface area (Å²) in [5.41, 5.74) is 14.6. The van der Waals surface area contributed by atoms with Crippen molar-refractivity contribution in [3.8, 4) is 0 Å². The minimum Gasteiger partial charge on any atom is -0.465 e. The number of methoxy groups -OCH3 is 4. The lowest BCUT2D eigenvalue weighted by Gasteiger charge is -2.22. The van der Waals surface area contributed by atoms with E-state index < -0.39 is 54.5 Å². The SMILES string of the molecule is COC(=O)c1ccc2c(c1)[C@H](N)CC2.COC(=O)c1ccc2c(c1)[C@H](NC(=O)C(F)(F)F)CC2.COC(=O)c1ccc2c(c1)[C@H](NC(=O)OC(C)(C)C)CC2.COC(=O)c1ccc2c(c1)[C@H](NCC(F)(F)F)CC2. The number of alkyl carbamates (subject to hydrolysis) is 1. The number of amides is 2. The number of rotatable bonds is 8. The summed E-state index contributed by atoms with van der Waals surface area (Å²) in [7, 11) is 5.23. The third-order valence-electron chi connectivity index (χ3n) is 12.4. The van der Waals surface area contributed by atoms with Crippen LogP contribution >= 0.6 is 0 Å². The summed E-state index contributed by atoms with van der Waals surface area (Å²) >= 11 is 0. The Labute approximate surface area is 424 Å². The van der Waals surface area contributed by atoms with Crippen LogP contribution in [0.5, 0.6) is 0 Å². The summed E-state index contributed by atoms with van der Waals surface area (Å²) in [6.45, 7) is 4.44. The van der Waals surface area contributed by atoms with E-state index in [4.69, 9.17) is 15.2 Å². The Balaban J connectivity index is 0.000000184. The van der Waals surface area contributed by atoms with Crippen LogP contribution in [0.1, 0.15) is 157 Å². The molecule has 0 heterocycles. The molecule has 5 N–H and O–H groups in total. The first-order valence-corrected chi connectivity index (χ1v) is 23.5. The molecular weight excluding hydrogens is 983 g/mol. The lowest BCUT2D eigenvalue weighted by atomic mass is 10.0. The standard InChI is InChI=1S/C16H21NO4.C13H12F3NO3.C13H14F3NO2.C11H13NO2/c1-16(2,3)21-15(19)17-13-8-7-10-5-6-11(9-12(10)13)14(18)20-4;1-20-11(18)8-3-2-7-4-5-10(9(7)6-8)17-12(19)13(14,15)16;1-19-12(18)9-3-2-8-4-5-11(10(8)6-9)17-7-13(14,15)16;1-14-11(13)8-3-2-7-4-5-10(12)9(7)6-8/h5-6,9,13H,7-8H2,1-4H3,(H,17,19);2-3,6,10H,4-5H2,1H3,(H,17,19);2-3,6,11,17H,4-5,7H2,1H3;2-3,6,10H,4-5,12H2,1H3/t13-;10-;11-;10-/m1111/s1. The van der Waals surface area contributed by atoms with E-state index in [1.54, 1.807) is 48.5 Å². The minimum atomic E-state index is -4.91. The van der Waals surface area contributed by atoms with Crippen molar-refractivity contribution in [2.75, 3.05) is 35.0 Å². The van der Waals surface area contributed by atoms with Crippen LogP contribution < -0.4 is 21.7 Å². The number of nitrogens with one attached hydrogen (secondary N) is 3. The number of carbonyl (C=O) groups excluding carboxylic acids is 6. The average Bonchev–Trinajstić information content (AvgIpc) is 4.16. The molecule has 74 heavy (non-hydrogen) atoms. The molecule has 8 rings (SSSR count). The molecule has 0 unspecified atom stereocenters. The zero-order valence-electron chi connectivity index (χ0n) is 41.9. The van der Waals surface area contributed by atoms with Gasteiger partial charge in [0.1, 0.15) is 5.60 Å². The number of benzene rings is 4. The number of hydrogen-bond donors (Lipinski definition) is 4. The van der Waals surface area contributed by atoms with Crippen LogP contribution in [-0.4, -0.2) is 88.8 Å². The van der Waals surface area contributed by atoms with Gasteiger partial charge in [-0.15, -0.1) is 0 Å². The molecule has 0 saturated heterocycles. The lowest BCUT2D eigenvalue weighted by Crippen LogP contribution is -2.38. The fraction of sp³-hybridized carbons (Fsp3) is 0.434. The Hall–Kier alpha value is -7.00. The minimum absolute atomic E-state index is 0.0783. The van der Waals surface area contributed by atoms with Crippen molar-refractivity contribution < 1.29 is 78.8 Å². The summed E-state index contributed by atoms with van der Waals surface area (Å²) < 4.78 is 97.2. The van der Waals surface area contributed by atoms with Crippen LogP contribution in [0.25, 0.3) is 0 Å². The lowest BCUT2D eigenvalue weighted by molar-refractivity contribution is -0.174. The van der Waals surface area contributed by atoms with Gasteiger partial charge < -0.3 is 45.4 Å². The number of nitrogens with two attached hydrogens (primary N) is 1. The van der Waals surface area contributed by atoms with E-state index in [0.29, 0.717) is 47.9 Å². The van der Waals surface area contributed by atoms with E-state index in [0.717, 1.165) is 59.1 Å². The normalized spacial score (nSPS) is 17.9. The molecule has 0 bridgehead atoms. The number of carbonyl (C=O) groups is 6. The van der Waals surface area contributed by atoms with Gasteiger partial charge in [0, 0.05) is 12.1 Å². The third-order valence-corrected chi connectivity index (χ3v) is 12.4. The summed E-state index contributed by atoms with van der Waals surface area (Å²) in [6.07, 6.45) is -3.67. The van der Waals surface area contributed by atoms with Crippen LogP contribution in [0, 0.1) is 0 Å².